The molecular weight excluding hydrogens is 304 g/mol. The van der Waals surface area contributed by atoms with Gasteiger partial charge in [-0.15, -0.1) is 0 Å². The Hall–Kier alpha value is -3.61. The van der Waals surface area contributed by atoms with Crippen molar-refractivity contribution >= 4 is 5.78 Å². The highest BCUT2D eigenvalue weighted by molar-refractivity contribution is 6.12. The predicted molar refractivity (Wildman–Crippen MR) is 87.1 cm³/mol. The summed E-state index contributed by atoms with van der Waals surface area (Å²) in [5.74, 6) is -0.338. The second kappa shape index (κ2) is 5.88. The molecule has 0 fully saturated rings. The maximum Gasteiger partial charge on any atom is 0.238 e. The van der Waals surface area contributed by atoms with Gasteiger partial charge in [0.25, 0.3) is 0 Å². The van der Waals surface area contributed by atoms with E-state index in [4.69, 9.17) is 0 Å². The molecule has 0 bridgehead atoms. The van der Waals surface area contributed by atoms with Gasteiger partial charge in [0.15, 0.2) is 11.4 Å². The van der Waals surface area contributed by atoms with Crippen LogP contribution in [0.3, 0.4) is 0 Å². The minimum atomic E-state index is -0.338. The smallest absolute Gasteiger partial charge is 0.238 e. The second-order valence-corrected chi connectivity index (χ2v) is 5.10. The highest BCUT2D eigenvalue weighted by Gasteiger charge is 2.25. The Labute approximate surface area is 136 Å². The van der Waals surface area contributed by atoms with E-state index in [1.165, 1.54) is 0 Å². The number of rotatable bonds is 4. The van der Waals surface area contributed by atoms with E-state index in [0.717, 1.165) is 11.1 Å². The first-order valence-electron chi connectivity index (χ1n) is 7.31. The first kappa shape index (κ1) is 14.0. The Balaban J connectivity index is 1.78. The average Bonchev–Trinajstić information content (AvgIpc) is 3.32. The van der Waals surface area contributed by atoms with Gasteiger partial charge in [-0.2, -0.15) is 30.8 Å². The summed E-state index contributed by atoms with van der Waals surface area (Å²) in [6.07, 6.45) is 0. The molecule has 0 radical (unpaired) electrons. The van der Waals surface area contributed by atoms with Gasteiger partial charge in [0, 0.05) is 11.1 Å². The molecule has 2 aromatic carbocycles. The quantitative estimate of drug-likeness (QED) is 0.563. The Morgan fingerprint density at radius 2 is 1.04 bits per heavy atom. The molecule has 116 valence electrons. The Bertz CT molecular complexity index is 895. The molecule has 0 saturated heterocycles. The van der Waals surface area contributed by atoms with Gasteiger partial charge < -0.3 is 0 Å². The Morgan fingerprint density at radius 3 is 1.46 bits per heavy atom. The van der Waals surface area contributed by atoms with Crippen molar-refractivity contribution in [3.8, 4) is 22.5 Å². The molecule has 7 nitrogen and oxygen atoms in total. The molecule has 2 N–H and O–H groups in total. The monoisotopic (exact) mass is 316 g/mol. The highest BCUT2D eigenvalue weighted by Crippen LogP contribution is 2.25. The normalized spacial score (nSPS) is 10.7. The zero-order chi connectivity index (χ0) is 16.4. The Kier molecular flexibility index (Phi) is 3.43. The number of nitrogens with zero attached hydrogens (tertiary/aromatic N) is 4. The number of hydrogen-bond acceptors (Lipinski definition) is 5. The fraction of sp³-hybridized carbons (Fsp3) is 0. The number of aromatic amines is 2. The predicted octanol–water partition coefficient (Wildman–Crippen LogP) is 2.49. The van der Waals surface area contributed by atoms with E-state index in [1.54, 1.807) is 0 Å². The van der Waals surface area contributed by atoms with Crippen molar-refractivity contribution in [3.63, 3.8) is 0 Å². The van der Waals surface area contributed by atoms with Gasteiger partial charge in [0.2, 0.25) is 5.78 Å². The minimum absolute atomic E-state index is 0.215. The van der Waals surface area contributed by atoms with Gasteiger partial charge in [-0.1, -0.05) is 60.7 Å². The minimum Gasteiger partial charge on any atom is -0.285 e. The fourth-order valence-electron chi connectivity index (χ4n) is 2.49. The van der Waals surface area contributed by atoms with Crippen LogP contribution in [0.5, 0.6) is 0 Å². The van der Waals surface area contributed by atoms with E-state index in [2.05, 4.69) is 30.8 Å². The van der Waals surface area contributed by atoms with Crippen LogP contribution in [0, 0.1) is 0 Å². The molecule has 2 aromatic heterocycles. The van der Waals surface area contributed by atoms with Crippen molar-refractivity contribution in [2.75, 3.05) is 0 Å². The van der Waals surface area contributed by atoms with E-state index < -0.39 is 0 Å². The summed E-state index contributed by atoms with van der Waals surface area (Å²) in [4.78, 5) is 12.9. The first-order valence-corrected chi connectivity index (χ1v) is 7.31. The third-order valence-corrected chi connectivity index (χ3v) is 3.62. The maximum atomic E-state index is 12.9. The van der Waals surface area contributed by atoms with E-state index in [9.17, 15) is 4.79 Å². The van der Waals surface area contributed by atoms with Crippen LogP contribution < -0.4 is 0 Å². The lowest BCUT2D eigenvalue weighted by atomic mass is 10.0. The zero-order valence-electron chi connectivity index (χ0n) is 12.5. The molecule has 4 aromatic rings. The summed E-state index contributed by atoms with van der Waals surface area (Å²) >= 11 is 0. The number of carbonyl (C=O) groups is 1. The van der Waals surface area contributed by atoms with Crippen LogP contribution in [0.4, 0.5) is 0 Å². The standard InChI is InChI=1S/C17H12N6O/c24-17(15-13(18-22-20-15)11-7-3-1-4-8-11)16-14(19-23-21-16)12-9-5-2-6-10-12/h1-10H,(H,18,20,22)(H,19,21,23). The van der Waals surface area contributed by atoms with Crippen molar-refractivity contribution in [1.82, 2.24) is 30.8 Å². The lowest BCUT2D eigenvalue weighted by Gasteiger charge is -2.01. The van der Waals surface area contributed by atoms with Crippen molar-refractivity contribution in [2.45, 2.75) is 0 Å². The largest absolute Gasteiger partial charge is 0.285 e. The molecular formula is C17H12N6O. The van der Waals surface area contributed by atoms with E-state index in [-0.39, 0.29) is 17.2 Å². The number of aromatic nitrogens is 6. The number of nitrogens with one attached hydrogen (secondary N) is 2. The van der Waals surface area contributed by atoms with E-state index >= 15 is 0 Å². The molecule has 0 aliphatic carbocycles. The van der Waals surface area contributed by atoms with Crippen molar-refractivity contribution in [1.29, 1.82) is 0 Å². The van der Waals surface area contributed by atoms with Gasteiger partial charge >= 0.3 is 0 Å². The lowest BCUT2D eigenvalue weighted by molar-refractivity contribution is 0.103. The SMILES string of the molecule is O=C(c1n[nH]nc1-c1ccccc1)c1n[nH]nc1-c1ccccc1. The number of ketones is 1. The summed E-state index contributed by atoms with van der Waals surface area (Å²) in [5.41, 5.74) is 3.02. The molecule has 0 unspecified atom stereocenters. The summed E-state index contributed by atoms with van der Waals surface area (Å²) < 4.78 is 0. The average molecular weight is 316 g/mol. The topological polar surface area (TPSA) is 100 Å². The van der Waals surface area contributed by atoms with Crippen molar-refractivity contribution in [3.05, 3.63) is 72.1 Å². The fourth-order valence-corrected chi connectivity index (χ4v) is 2.49. The maximum absolute atomic E-state index is 12.9. The molecule has 0 aliphatic heterocycles. The third kappa shape index (κ3) is 2.38. The van der Waals surface area contributed by atoms with Crippen LogP contribution in [0.1, 0.15) is 16.2 Å². The molecule has 0 spiro atoms. The van der Waals surface area contributed by atoms with Gasteiger partial charge in [0.05, 0.1) is 0 Å². The van der Waals surface area contributed by atoms with Crippen LogP contribution in [0.25, 0.3) is 22.5 Å². The van der Waals surface area contributed by atoms with Crippen LogP contribution in [0.2, 0.25) is 0 Å². The van der Waals surface area contributed by atoms with Crippen LogP contribution in [-0.4, -0.2) is 36.6 Å². The molecule has 24 heavy (non-hydrogen) atoms. The molecule has 0 atom stereocenters. The third-order valence-electron chi connectivity index (χ3n) is 3.62. The van der Waals surface area contributed by atoms with E-state index in [1.807, 2.05) is 60.7 Å². The molecule has 0 saturated carbocycles. The molecule has 2 heterocycles. The molecule has 0 amide bonds. The molecule has 0 aliphatic rings. The summed E-state index contributed by atoms with van der Waals surface area (Å²) in [6, 6.07) is 18.8. The van der Waals surface area contributed by atoms with Crippen LogP contribution in [0.15, 0.2) is 60.7 Å². The summed E-state index contributed by atoms with van der Waals surface area (Å²) in [7, 11) is 0. The Morgan fingerprint density at radius 1 is 0.625 bits per heavy atom. The molecule has 4 rings (SSSR count). The second-order valence-electron chi connectivity index (χ2n) is 5.10. The van der Waals surface area contributed by atoms with E-state index in [0.29, 0.717) is 11.4 Å². The van der Waals surface area contributed by atoms with Crippen molar-refractivity contribution < 1.29 is 4.79 Å². The number of benzene rings is 2. The van der Waals surface area contributed by atoms with Gasteiger partial charge in [-0.25, -0.2) is 0 Å². The van der Waals surface area contributed by atoms with Crippen molar-refractivity contribution in [2.24, 2.45) is 0 Å². The zero-order valence-corrected chi connectivity index (χ0v) is 12.5. The first-order chi connectivity index (χ1) is 11.8. The van der Waals surface area contributed by atoms with Crippen LogP contribution in [-0.2, 0) is 0 Å². The molecule has 7 heteroatoms. The van der Waals surface area contributed by atoms with Crippen LogP contribution >= 0.6 is 0 Å². The van der Waals surface area contributed by atoms with Gasteiger partial charge in [-0.05, 0) is 0 Å². The lowest BCUT2D eigenvalue weighted by Crippen LogP contribution is -2.06. The number of carbonyl (C=O) groups excluding carboxylic acids is 1. The summed E-state index contributed by atoms with van der Waals surface area (Å²) in [5, 5.41) is 21.3. The number of hydrogen-bond donors (Lipinski definition) is 2. The number of H-pyrrole nitrogens is 2. The summed E-state index contributed by atoms with van der Waals surface area (Å²) in [6.45, 7) is 0. The van der Waals surface area contributed by atoms with Gasteiger partial charge in [0.1, 0.15) is 11.4 Å². The van der Waals surface area contributed by atoms with Gasteiger partial charge in [-0.3, -0.25) is 4.79 Å². The highest BCUT2D eigenvalue weighted by atomic mass is 16.1.